The highest BCUT2D eigenvalue weighted by Crippen LogP contribution is 2.32. The molecule has 0 bridgehead atoms. The topological polar surface area (TPSA) is 16.1 Å². The van der Waals surface area contributed by atoms with E-state index in [1.807, 2.05) is 31.2 Å². The maximum absolute atomic E-state index is 14.1. The van der Waals surface area contributed by atoms with Crippen molar-refractivity contribution in [1.82, 2.24) is 4.98 Å². The summed E-state index contributed by atoms with van der Waals surface area (Å²) >= 11 is 0. The molecule has 1 fully saturated rings. The lowest BCUT2D eigenvalue weighted by Gasteiger charge is -2.20. The number of pyridine rings is 1. The zero-order valence-electron chi connectivity index (χ0n) is 13.2. The fourth-order valence-electron chi connectivity index (χ4n) is 3.42. The molecular weight excluding hydrogens is 287 g/mol. The van der Waals surface area contributed by atoms with Crippen LogP contribution in [-0.2, 0) is 0 Å². The Kier molecular flexibility index (Phi) is 3.49. The molecule has 0 atom stereocenters. The summed E-state index contributed by atoms with van der Waals surface area (Å²) in [7, 11) is 0. The summed E-state index contributed by atoms with van der Waals surface area (Å²) in [6.07, 6.45) is 2.49. The third-order valence-corrected chi connectivity index (χ3v) is 4.55. The van der Waals surface area contributed by atoms with Gasteiger partial charge < -0.3 is 4.90 Å². The van der Waals surface area contributed by atoms with Crippen LogP contribution >= 0.6 is 0 Å². The molecule has 0 spiro atoms. The van der Waals surface area contributed by atoms with Gasteiger partial charge in [-0.2, -0.15) is 0 Å². The molecule has 3 heteroatoms. The Morgan fingerprint density at radius 3 is 2.57 bits per heavy atom. The van der Waals surface area contributed by atoms with Crippen LogP contribution in [0.4, 0.5) is 10.1 Å². The summed E-state index contributed by atoms with van der Waals surface area (Å²) in [4.78, 5) is 7.10. The van der Waals surface area contributed by atoms with Crippen LogP contribution in [0.5, 0.6) is 0 Å². The molecule has 1 aliphatic rings. The lowest BCUT2D eigenvalue weighted by atomic mass is 10.0. The predicted octanol–water partition coefficient (Wildman–Crippen LogP) is 4.95. The van der Waals surface area contributed by atoms with Crippen molar-refractivity contribution in [2.45, 2.75) is 19.8 Å². The Morgan fingerprint density at radius 1 is 1.00 bits per heavy atom. The van der Waals surface area contributed by atoms with Gasteiger partial charge in [0.25, 0.3) is 0 Å². The number of fused-ring (bicyclic) bond motifs is 1. The number of hydrogen-bond donors (Lipinski definition) is 0. The first kappa shape index (κ1) is 14.2. The number of aromatic nitrogens is 1. The molecular formula is C20H19FN2. The number of hydrogen-bond acceptors (Lipinski definition) is 2. The van der Waals surface area contributed by atoms with Gasteiger partial charge in [0.1, 0.15) is 5.82 Å². The average Bonchev–Trinajstić information content (AvgIpc) is 3.08. The van der Waals surface area contributed by atoms with Gasteiger partial charge in [-0.1, -0.05) is 30.3 Å². The molecule has 23 heavy (non-hydrogen) atoms. The van der Waals surface area contributed by atoms with Gasteiger partial charge in [0, 0.05) is 35.4 Å². The Bertz CT molecular complexity index is 867. The smallest absolute Gasteiger partial charge is 0.131 e. The Labute approximate surface area is 135 Å². The molecule has 0 saturated carbocycles. The summed E-state index contributed by atoms with van der Waals surface area (Å²) < 4.78 is 14.1. The van der Waals surface area contributed by atoms with Gasteiger partial charge in [0.05, 0.1) is 5.52 Å². The second-order valence-corrected chi connectivity index (χ2v) is 6.19. The molecule has 0 N–H and O–H groups in total. The molecule has 2 nitrogen and oxygen atoms in total. The molecule has 0 unspecified atom stereocenters. The van der Waals surface area contributed by atoms with Crippen LogP contribution in [0.3, 0.4) is 0 Å². The number of halogens is 1. The molecule has 4 rings (SSSR count). The van der Waals surface area contributed by atoms with Crippen molar-refractivity contribution in [1.29, 1.82) is 0 Å². The first-order chi connectivity index (χ1) is 11.2. The van der Waals surface area contributed by atoms with E-state index < -0.39 is 0 Å². The minimum atomic E-state index is -0.195. The molecule has 1 aromatic heterocycles. The van der Waals surface area contributed by atoms with Gasteiger partial charge in [-0.15, -0.1) is 0 Å². The summed E-state index contributed by atoms with van der Waals surface area (Å²) in [5.74, 6) is -0.195. The van der Waals surface area contributed by atoms with Crippen molar-refractivity contribution >= 4 is 16.6 Å². The highest BCUT2D eigenvalue weighted by Gasteiger charge is 2.16. The molecule has 2 heterocycles. The second-order valence-electron chi connectivity index (χ2n) is 6.19. The zero-order valence-corrected chi connectivity index (χ0v) is 13.2. The highest BCUT2D eigenvalue weighted by molar-refractivity contribution is 5.94. The van der Waals surface area contributed by atoms with Crippen LogP contribution in [0.25, 0.3) is 22.0 Å². The normalized spacial score (nSPS) is 14.6. The molecule has 0 aliphatic carbocycles. The number of benzene rings is 2. The first-order valence-electron chi connectivity index (χ1n) is 8.13. The monoisotopic (exact) mass is 306 g/mol. The fraction of sp³-hybridized carbons (Fsp3) is 0.250. The van der Waals surface area contributed by atoms with Gasteiger partial charge >= 0.3 is 0 Å². The summed E-state index contributed by atoms with van der Waals surface area (Å²) in [5.41, 5.74) is 4.70. The minimum Gasteiger partial charge on any atom is -0.371 e. The third kappa shape index (κ3) is 2.56. The van der Waals surface area contributed by atoms with Crippen LogP contribution in [0.1, 0.15) is 18.5 Å². The molecule has 0 amide bonds. The highest BCUT2D eigenvalue weighted by atomic mass is 19.1. The average molecular weight is 306 g/mol. The SMILES string of the molecule is Cc1cc(N2CCCC2)c2ccc(-c3ccccc3F)cc2n1. The van der Waals surface area contributed by atoms with E-state index >= 15 is 0 Å². The second kappa shape index (κ2) is 5.65. The largest absolute Gasteiger partial charge is 0.371 e. The number of rotatable bonds is 2. The van der Waals surface area contributed by atoms with Gasteiger partial charge in [0.2, 0.25) is 0 Å². The standard InChI is InChI=1S/C20H19FN2/c1-14-12-20(23-10-4-5-11-23)17-9-8-15(13-19(17)22-14)16-6-2-3-7-18(16)21/h2-3,6-9,12-13H,4-5,10-11H2,1H3. The van der Waals surface area contributed by atoms with Crippen molar-refractivity contribution in [3.8, 4) is 11.1 Å². The minimum absolute atomic E-state index is 0.195. The van der Waals surface area contributed by atoms with Gasteiger partial charge in [-0.25, -0.2) is 4.39 Å². The number of aryl methyl sites for hydroxylation is 1. The lowest BCUT2D eigenvalue weighted by Crippen LogP contribution is -2.18. The Morgan fingerprint density at radius 2 is 1.78 bits per heavy atom. The van der Waals surface area contributed by atoms with Gasteiger partial charge in [0.15, 0.2) is 0 Å². The van der Waals surface area contributed by atoms with E-state index in [9.17, 15) is 4.39 Å². The zero-order chi connectivity index (χ0) is 15.8. The van der Waals surface area contributed by atoms with E-state index in [1.165, 1.54) is 24.6 Å². The van der Waals surface area contributed by atoms with Gasteiger partial charge in [-0.05, 0) is 43.5 Å². The summed E-state index contributed by atoms with van der Waals surface area (Å²) in [5, 5.41) is 1.15. The van der Waals surface area contributed by atoms with E-state index in [2.05, 4.69) is 22.0 Å². The maximum Gasteiger partial charge on any atom is 0.131 e. The molecule has 0 radical (unpaired) electrons. The van der Waals surface area contributed by atoms with E-state index in [0.717, 1.165) is 35.2 Å². The number of nitrogens with zero attached hydrogens (tertiary/aromatic N) is 2. The Balaban J connectivity index is 1.88. The summed E-state index contributed by atoms with van der Waals surface area (Å²) in [6, 6.07) is 15.1. The lowest BCUT2D eigenvalue weighted by molar-refractivity contribution is 0.631. The van der Waals surface area contributed by atoms with E-state index in [0.29, 0.717) is 5.56 Å². The molecule has 116 valence electrons. The van der Waals surface area contributed by atoms with Crippen molar-refractivity contribution < 1.29 is 4.39 Å². The molecule has 1 aliphatic heterocycles. The van der Waals surface area contributed by atoms with Crippen LogP contribution < -0.4 is 4.90 Å². The van der Waals surface area contributed by atoms with Crippen LogP contribution in [-0.4, -0.2) is 18.1 Å². The van der Waals surface area contributed by atoms with Crippen molar-refractivity contribution in [2.75, 3.05) is 18.0 Å². The van der Waals surface area contributed by atoms with E-state index in [1.54, 1.807) is 6.07 Å². The molecule has 2 aromatic carbocycles. The van der Waals surface area contributed by atoms with Crippen molar-refractivity contribution in [3.63, 3.8) is 0 Å². The predicted molar refractivity (Wildman–Crippen MR) is 93.3 cm³/mol. The molecule has 3 aromatic rings. The van der Waals surface area contributed by atoms with Gasteiger partial charge in [-0.3, -0.25) is 4.98 Å². The fourth-order valence-corrected chi connectivity index (χ4v) is 3.42. The quantitative estimate of drug-likeness (QED) is 0.666. The van der Waals surface area contributed by atoms with E-state index in [-0.39, 0.29) is 5.82 Å². The maximum atomic E-state index is 14.1. The third-order valence-electron chi connectivity index (χ3n) is 4.55. The van der Waals surface area contributed by atoms with Crippen LogP contribution in [0.15, 0.2) is 48.5 Å². The first-order valence-corrected chi connectivity index (χ1v) is 8.13. The summed E-state index contributed by atoms with van der Waals surface area (Å²) in [6.45, 7) is 4.23. The van der Waals surface area contributed by atoms with E-state index in [4.69, 9.17) is 0 Å². The van der Waals surface area contributed by atoms with Crippen LogP contribution in [0.2, 0.25) is 0 Å². The Hall–Kier alpha value is -2.42. The van der Waals surface area contributed by atoms with Crippen LogP contribution in [0, 0.1) is 12.7 Å². The van der Waals surface area contributed by atoms with Crippen molar-refractivity contribution in [2.24, 2.45) is 0 Å². The molecule has 1 saturated heterocycles. The number of anilines is 1. The van der Waals surface area contributed by atoms with Crippen molar-refractivity contribution in [3.05, 3.63) is 60.0 Å².